The minimum Gasteiger partial charge on any atom is -0.344 e. The Kier molecular flexibility index (Phi) is 3.92. The molecule has 0 saturated carbocycles. The first kappa shape index (κ1) is 15.1. The summed E-state index contributed by atoms with van der Waals surface area (Å²) in [4.78, 5) is 21.4. The average molecular weight is 324 g/mol. The first-order chi connectivity index (χ1) is 10.5. The minimum atomic E-state index is -0.261. The summed E-state index contributed by atoms with van der Waals surface area (Å²) in [5.74, 6) is 0.741. The van der Waals surface area contributed by atoms with Crippen LogP contribution in [0.1, 0.15) is 12.5 Å². The number of hydrogen-bond donors (Lipinski definition) is 0. The standard InChI is InChI=1S/C14H18ClN5O2/c1-10-6-18-9-17(2)8-12(20(21)22)14(18)19(10)7-11-3-4-13(15)16-5-11/h3-5,10H,6-9H2,1-2H3. The number of pyridine rings is 1. The summed E-state index contributed by atoms with van der Waals surface area (Å²) in [6.45, 7) is 4.55. The molecule has 1 aromatic rings. The third-order valence-corrected chi connectivity index (χ3v) is 4.26. The van der Waals surface area contributed by atoms with E-state index >= 15 is 0 Å². The summed E-state index contributed by atoms with van der Waals surface area (Å²) in [7, 11) is 1.90. The van der Waals surface area contributed by atoms with Gasteiger partial charge in [-0.15, -0.1) is 0 Å². The minimum absolute atomic E-state index is 0.215. The second-order valence-electron chi connectivity index (χ2n) is 5.87. The first-order valence-electron chi connectivity index (χ1n) is 7.14. The fourth-order valence-corrected chi connectivity index (χ4v) is 3.21. The number of rotatable bonds is 3. The third-order valence-electron chi connectivity index (χ3n) is 4.04. The summed E-state index contributed by atoms with van der Waals surface area (Å²) in [6.07, 6.45) is 1.72. The van der Waals surface area contributed by atoms with E-state index in [1.807, 2.05) is 18.0 Å². The Morgan fingerprint density at radius 1 is 1.50 bits per heavy atom. The first-order valence-corrected chi connectivity index (χ1v) is 7.51. The van der Waals surface area contributed by atoms with E-state index < -0.39 is 0 Å². The van der Waals surface area contributed by atoms with Crippen LogP contribution in [0, 0.1) is 10.1 Å². The van der Waals surface area contributed by atoms with Gasteiger partial charge in [-0.1, -0.05) is 17.7 Å². The van der Waals surface area contributed by atoms with Crippen LogP contribution in [0.2, 0.25) is 5.15 Å². The van der Waals surface area contributed by atoms with Crippen LogP contribution in [0.15, 0.2) is 29.8 Å². The highest BCUT2D eigenvalue weighted by Crippen LogP contribution is 2.31. The van der Waals surface area contributed by atoms with Crippen molar-refractivity contribution in [3.05, 3.63) is 50.7 Å². The number of nitro groups is 1. The van der Waals surface area contributed by atoms with E-state index in [0.717, 1.165) is 17.9 Å². The van der Waals surface area contributed by atoms with Gasteiger partial charge in [0, 0.05) is 25.3 Å². The number of hydrogen-bond acceptors (Lipinski definition) is 6. The van der Waals surface area contributed by atoms with Gasteiger partial charge in [0.2, 0.25) is 0 Å². The summed E-state index contributed by atoms with van der Waals surface area (Å²) >= 11 is 5.81. The highest BCUT2D eigenvalue weighted by atomic mass is 35.5. The van der Waals surface area contributed by atoms with Crippen molar-refractivity contribution in [3.63, 3.8) is 0 Å². The molecule has 0 aromatic carbocycles. The Morgan fingerprint density at radius 3 is 2.91 bits per heavy atom. The third kappa shape index (κ3) is 2.74. The average Bonchev–Trinajstić information content (AvgIpc) is 2.76. The maximum atomic E-state index is 11.4. The molecule has 1 unspecified atom stereocenters. The molecule has 0 radical (unpaired) electrons. The monoisotopic (exact) mass is 323 g/mol. The van der Waals surface area contributed by atoms with Gasteiger partial charge < -0.3 is 9.80 Å². The quantitative estimate of drug-likeness (QED) is 0.478. The molecule has 1 saturated heterocycles. The van der Waals surface area contributed by atoms with Crippen molar-refractivity contribution in [2.24, 2.45) is 0 Å². The predicted molar refractivity (Wildman–Crippen MR) is 82.5 cm³/mol. The van der Waals surface area contributed by atoms with Crippen molar-refractivity contribution in [2.75, 3.05) is 26.8 Å². The number of fused-ring (bicyclic) bond motifs is 1. The summed E-state index contributed by atoms with van der Waals surface area (Å²) in [6, 6.07) is 3.87. The molecule has 3 rings (SSSR count). The summed E-state index contributed by atoms with van der Waals surface area (Å²) in [5, 5.41) is 11.9. The number of likely N-dealkylation sites (N-methyl/N-ethyl adjacent to an activating group) is 1. The van der Waals surface area contributed by atoms with Gasteiger partial charge in [-0.25, -0.2) is 4.98 Å². The number of aromatic nitrogens is 1. The molecule has 2 aliphatic heterocycles. The zero-order valence-electron chi connectivity index (χ0n) is 12.6. The molecule has 1 fully saturated rings. The molecular formula is C14H18ClN5O2. The molecule has 2 aliphatic rings. The van der Waals surface area contributed by atoms with E-state index in [9.17, 15) is 10.1 Å². The Labute approximate surface area is 133 Å². The molecule has 7 nitrogen and oxygen atoms in total. The van der Waals surface area contributed by atoms with E-state index in [1.54, 1.807) is 12.3 Å². The van der Waals surface area contributed by atoms with Crippen LogP contribution in [0.4, 0.5) is 0 Å². The van der Waals surface area contributed by atoms with Crippen molar-refractivity contribution in [3.8, 4) is 0 Å². The maximum absolute atomic E-state index is 11.4. The Hall–Kier alpha value is -1.86. The molecule has 0 bridgehead atoms. The number of nitrogens with zero attached hydrogens (tertiary/aromatic N) is 5. The van der Waals surface area contributed by atoms with E-state index in [0.29, 0.717) is 24.9 Å². The van der Waals surface area contributed by atoms with Crippen LogP contribution in [-0.2, 0) is 6.54 Å². The molecule has 1 aromatic heterocycles. The molecule has 8 heteroatoms. The van der Waals surface area contributed by atoms with Crippen molar-refractivity contribution < 1.29 is 4.92 Å². The molecular weight excluding hydrogens is 306 g/mol. The van der Waals surface area contributed by atoms with E-state index in [2.05, 4.69) is 21.7 Å². The zero-order chi connectivity index (χ0) is 15.9. The van der Waals surface area contributed by atoms with Crippen LogP contribution in [0.25, 0.3) is 0 Å². The van der Waals surface area contributed by atoms with Crippen molar-refractivity contribution in [2.45, 2.75) is 19.5 Å². The lowest BCUT2D eigenvalue weighted by Crippen LogP contribution is -2.43. The van der Waals surface area contributed by atoms with Gasteiger partial charge in [-0.3, -0.25) is 15.0 Å². The number of halogens is 1. The maximum Gasteiger partial charge on any atom is 0.300 e. The van der Waals surface area contributed by atoms with Crippen LogP contribution < -0.4 is 0 Å². The van der Waals surface area contributed by atoms with Gasteiger partial charge in [0.15, 0.2) is 5.82 Å². The lowest BCUT2D eigenvalue weighted by atomic mass is 10.2. The molecule has 1 atom stereocenters. The smallest absolute Gasteiger partial charge is 0.300 e. The van der Waals surface area contributed by atoms with Gasteiger partial charge in [-0.2, -0.15) is 0 Å². The molecule has 118 valence electrons. The lowest BCUT2D eigenvalue weighted by molar-refractivity contribution is -0.433. The van der Waals surface area contributed by atoms with Crippen molar-refractivity contribution >= 4 is 11.6 Å². The molecule has 3 heterocycles. The SMILES string of the molecule is CC1CN2CN(C)CC([N+](=O)[O-])=C2N1Cc1ccc(Cl)nc1. The molecule has 0 aliphatic carbocycles. The highest BCUT2D eigenvalue weighted by molar-refractivity contribution is 6.29. The van der Waals surface area contributed by atoms with Crippen LogP contribution in [0.3, 0.4) is 0 Å². The highest BCUT2D eigenvalue weighted by Gasteiger charge is 2.41. The van der Waals surface area contributed by atoms with Crippen LogP contribution in [-0.4, -0.2) is 57.5 Å². The Bertz CT molecular complexity index is 618. The predicted octanol–water partition coefficient (Wildman–Crippen LogP) is 1.59. The Morgan fingerprint density at radius 2 is 2.27 bits per heavy atom. The van der Waals surface area contributed by atoms with E-state index in [-0.39, 0.29) is 16.7 Å². The molecule has 0 amide bonds. The normalized spacial score (nSPS) is 22.2. The second kappa shape index (κ2) is 5.73. The second-order valence-corrected chi connectivity index (χ2v) is 6.26. The lowest BCUT2D eigenvalue weighted by Gasteiger charge is -2.32. The van der Waals surface area contributed by atoms with E-state index in [4.69, 9.17) is 11.6 Å². The van der Waals surface area contributed by atoms with Crippen molar-refractivity contribution in [1.29, 1.82) is 0 Å². The Balaban J connectivity index is 1.93. The zero-order valence-corrected chi connectivity index (χ0v) is 13.3. The summed E-state index contributed by atoms with van der Waals surface area (Å²) < 4.78 is 0. The largest absolute Gasteiger partial charge is 0.344 e. The fraction of sp³-hybridized carbons (Fsp3) is 0.500. The van der Waals surface area contributed by atoms with Crippen LogP contribution >= 0.6 is 11.6 Å². The van der Waals surface area contributed by atoms with Gasteiger partial charge in [-0.05, 0) is 25.6 Å². The molecule has 0 N–H and O–H groups in total. The molecule has 0 spiro atoms. The topological polar surface area (TPSA) is 65.8 Å². The summed E-state index contributed by atoms with van der Waals surface area (Å²) in [5.41, 5.74) is 1.26. The van der Waals surface area contributed by atoms with Gasteiger partial charge in [0.1, 0.15) is 5.15 Å². The van der Waals surface area contributed by atoms with Gasteiger partial charge in [0.25, 0.3) is 5.70 Å². The van der Waals surface area contributed by atoms with Gasteiger partial charge >= 0.3 is 0 Å². The van der Waals surface area contributed by atoms with Crippen LogP contribution in [0.5, 0.6) is 0 Å². The van der Waals surface area contributed by atoms with Gasteiger partial charge in [0.05, 0.1) is 18.1 Å². The fourth-order valence-electron chi connectivity index (χ4n) is 3.10. The van der Waals surface area contributed by atoms with Crippen molar-refractivity contribution in [1.82, 2.24) is 19.7 Å². The van der Waals surface area contributed by atoms with E-state index in [1.165, 1.54) is 0 Å². The molecule has 22 heavy (non-hydrogen) atoms.